The molecular formula is C28H24Cl2N20PdS4+4. The number of rotatable bonds is 8. The van der Waals surface area contributed by atoms with Gasteiger partial charge in [-0.2, -0.15) is 41.0 Å². The van der Waals surface area contributed by atoms with Crippen molar-refractivity contribution in [2.24, 2.45) is 0 Å². The van der Waals surface area contributed by atoms with Crippen LogP contribution >= 0.6 is 66.1 Å². The number of aromatic amines is 8. The Morgan fingerprint density at radius 3 is 0.873 bits per heavy atom. The van der Waals surface area contributed by atoms with Gasteiger partial charge in [-0.1, -0.05) is 47.0 Å². The number of nitrogens with zero attached hydrogens (tertiary/aromatic N) is 12. The van der Waals surface area contributed by atoms with E-state index in [0.29, 0.717) is 45.6 Å². The van der Waals surface area contributed by atoms with Gasteiger partial charge in [0.2, 0.25) is 0 Å². The molecule has 0 saturated heterocycles. The topological polar surface area (TPSA) is 318 Å². The predicted octanol–water partition coefficient (Wildman–Crippen LogP) is 2.93. The van der Waals surface area contributed by atoms with Gasteiger partial charge in [-0.05, 0) is 19.9 Å². The Kier molecular flexibility index (Phi) is 18.8. The molecule has 0 amide bonds. The molecule has 0 atom stereocenters. The van der Waals surface area contributed by atoms with Crippen LogP contribution in [0.5, 0.6) is 0 Å². The molecule has 8 heterocycles. The molecule has 8 aromatic rings. The zero-order valence-corrected chi connectivity index (χ0v) is 33.9. The molecule has 280 valence electrons. The van der Waals surface area contributed by atoms with E-state index in [1.807, 2.05) is 0 Å². The summed E-state index contributed by atoms with van der Waals surface area (Å²) in [5, 5.41) is 37.3. The number of nitriles is 4. The van der Waals surface area contributed by atoms with Crippen LogP contribution in [0.3, 0.4) is 0 Å². The van der Waals surface area contributed by atoms with Gasteiger partial charge in [0.15, 0.2) is 42.2 Å². The van der Waals surface area contributed by atoms with Crippen molar-refractivity contribution in [3.63, 3.8) is 0 Å². The van der Waals surface area contributed by atoms with E-state index >= 15 is 0 Å². The SMILES string of the molecule is N#CCSc1[nH+]cnc2nc[nH]c12.N#CCSc1[nH+]cnc2nc[nH]c12.N#CCSc1[nH+]cnc2nc[nH]c12.N#CCSc1[nH+]cnc2nc[nH]c12.[Cl][Pd][Cl]. The van der Waals surface area contributed by atoms with Gasteiger partial charge in [0.25, 0.3) is 47.9 Å². The van der Waals surface area contributed by atoms with Crippen LogP contribution in [0.1, 0.15) is 0 Å². The number of aromatic nitrogens is 16. The van der Waals surface area contributed by atoms with Crippen molar-refractivity contribution in [2.75, 3.05) is 23.0 Å². The monoisotopic (exact) mass is 944 g/mol. The van der Waals surface area contributed by atoms with Gasteiger partial charge in [0.05, 0.1) is 72.6 Å². The van der Waals surface area contributed by atoms with Crippen LogP contribution in [0.15, 0.2) is 70.7 Å². The normalized spacial score (nSPS) is 9.93. The van der Waals surface area contributed by atoms with Gasteiger partial charge in [0, 0.05) is 0 Å². The van der Waals surface area contributed by atoms with E-state index in [4.69, 9.17) is 40.1 Å². The van der Waals surface area contributed by atoms with E-state index in [-0.39, 0.29) is 15.9 Å². The van der Waals surface area contributed by atoms with Crippen LogP contribution in [-0.2, 0) is 15.9 Å². The maximum atomic E-state index is 8.42. The van der Waals surface area contributed by atoms with Gasteiger partial charge in [0.1, 0.15) is 0 Å². The summed E-state index contributed by atoms with van der Waals surface area (Å²) in [6, 6.07) is 8.25. The summed E-state index contributed by atoms with van der Waals surface area (Å²) < 4.78 is 0. The average molecular weight is 946 g/mol. The number of fused-ring (bicyclic) bond motifs is 4. The molecule has 0 fully saturated rings. The number of halogens is 2. The van der Waals surface area contributed by atoms with Crippen molar-refractivity contribution in [3.8, 4) is 24.3 Å². The number of H-pyrrole nitrogens is 8. The summed E-state index contributed by atoms with van der Waals surface area (Å²) in [5.74, 6) is 1.65. The molecule has 0 saturated carbocycles. The number of imidazole rings is 4. The van der Waals surface area contributed by atoms with E-state index < -0.39 is 0 Å². The van der Waals surface area contributed by atoms with Crippen LogP contribution < -0.4 is 19.9 Å². The molecule has 8 aromatic heterocycles. The summed E-state index contributed by atoms with van der Waals surface area (Å²) in [5.41, 5.74) is 6.06. The third kappa shape index (κ3) is 13.0. The number of thioether (sulfide) groups is 4. The minimum absolute atomic E-state index is 0.106. The fourth-order valence-electron chi connectivity index (χ4n) is 3.98. The Morgan fingerprint density at radius 2 is 0.673 bits per heavy atom. The van der Waals surface area contributed by atoms with Gasteiger partial charge in [-0.3, -0.25) is 0 Å². The fraction of sp³-hybridized carbons (Fsp3) is 0.143. The molecule has 0 spiro atoms. The second-order valence-electron chi connectivity index (χ2n) is 9.16. The van der Waals surface area contributed by atoms with Gasteiger partial charge in [-0.15, -0.1) is 0 Å². The van der Waals surface area contributed by atoms with Crippen molar-refractivity contribution in [3.05, 3.63) is 50.6 Å². The molecule has 0 aliphatic rings. The molecular weight excluding hydrogens is 922 g/mol. The van der Waals surface area contributed by atoms with Crippen LogP contribution in [0, 0.1) is 45.3 Å². The van der Waals surface area contributed by atoms with E-state index in [2.05, 4.69) is 104 Å². The van der Waals surface area contributed by atoms with Crippen molar-refractivity contribution < 1.29 is 35.9 Å². The Balaban J connectivity index is 0.000000159. The minimum atomic E-state index is -0.106. The second kappa shape index (κ2) is 24.3. The van der Waals surface area contributed by atoms with Crippen molar-refractivity contribution in [2.45, 2.75) is 20.1 Å². The van der Waals surface area contributed by atoms with E-state index in [1.54, 1.807) is 50.6 Å². The molecule has 0 aliphatic heterocycles. The molecule has 20 nitrogen and oxygen atoms in total. The fourth-order valence-corrected chi connectivity index (χ4v) is 6.54. The molecule has 0 aliphatic carbocycles. The first kappa shape index (κ1) is 42.5. The summed E-state index contributed by atoms with van der Waals surface area (Å²) in [7, 11) is 9.63. The first-order valence-electron chi connectivity index (χ1n) is 14.7. The molecule has 8 N–H and O–H groups in total. The zero-order valence-electron chi connectivity index (χ0n) is 27.5. The van der Waals surface area contributed by atoms with E-state index in [1.165, 1.54) is 47.0 Å². The number of hydrogen-bond donors (Lipinski definition) is 4. The average Bonchev–Trinajstić information content (AvgIpc) is 4.06. The molecule has 0 aromatic carbocycles. The van der Waals surface area contributed by atoms with Crippen LogP contribution in [0.2, 0.25) is 0 Å². The van der Waals surface area contributed by atoms with Crippen LogP contribution in [-0.4, -0.2) is 82.8 Å². The van der Waals surface area contributed by atoms with Gasteiger partial charge >= 0.3 is 35.0 Å². The van der Waals surface area contributed by atoms with Crippen molar-refractivity contribution in [1.82, 2.24) is 59.8 Å². The number of hydrogen-bond acceptors (Lipinski definition) is 16. The molecule has 55 heavy (non-hydrogen) atoms. The molecule has 8 rings (SSSR count). The Hall–Kier alpha value is -5.20. The molecule has 27 heteroatoms. The summed E-state index contributed by atoms with van der Waals surface area (Å²) >= 11 is 5.60. The van der Waals surface area contributed by atoms with E-state index in [0.717, 1.165) is 42.2 Å². The quantitative estimate of drug-likeness (QED) is 0.0967. The third-order valence-electron chi connectivity index (χ3n) is 6.04. The van der Waals surface area contributed by atoms with Gasteiger partial charge in [-0.25, -0.2) is 19.9 Å². The molecule has 0 radical (unpaired) electrons. The summed E-state index contributed by atoms with van der Waals surface area (Å²) in [4.78, 5) is 55.8. The van der Waals surface area contributed by atoms with Crippen LogP contribution in [0.25, 0.3) is 44.7 Å². The zero-order chi connectivity index (χ0) is 39.1. The van der Waals surface area contributed by atoms with Crippen molar-refractivity contribution >= 4 is 111 Å². The Morgan fingerprint density at radius 1 is 0.455 bits per heavy atom. The predicted molar refractivity (Wildman–Crippen MR) is 199 cm³/mol. The van der Waals surface area contributed by atoms with E-state index in [9.17, 15) is 0 Å². The number of nitrogens with one attached hydrogen (secondary N) is 8. The Bertz CT molecular complexity index is 2220. The maximum absolute atomic E-state index is 8.42. The molecule has 0 unspecified atom stereocenters. The third-order valence-corrected chi connectivity index (χ3v) is 9.58. The summed E-state index contributed by atoms with van der Waals surface area (Å²) in [6.07, 6.45) is 12.6. The van der Waals surface area contributed by atoms with Crippen molar-refractivity contribution in [1.29, 1.82) is 21.0 Å². The standard InChI is InChI=1S/4C7H5N5S.2ClH.Pd/c4*8-1-2-13-7-5-6(10-3-9-5)11-4-12-7;;;/h4*3-4H,2H2,(H,9,10,11,12);2*1H;/q;;;;;;+2/p+2. The van der Waals surface area contributed by atoms with Crippen LogP contribution in [0.4, 0.5) is 0 Å². The van der Waals surface area contributed by atoms with Gasteiger partial charge < -0.3 is 19.9 Å². The Labute approximate surface area is 343 Å². The molecule has 0 bridgehead atoms. The summed E-state index contributed by atoms with van der Waals surface area (Å²) in [6.45, 7) is 0. The first-order chi connectivity index (χ1) is 27.1. The second-order valence-corrected chi connectivity index (χ2v) is 15.5. The first-order valence-corrected chi connectivity index (χ1v) is 22.6.